The highest BCUT2D eigenvalue weighted by atomic mass is 16.1. The summed E-state index contributed by atoms with van der Waals surface area (Å²) < 4.78 is 0. The van der Waals surface area contributed by atoms with E-state index >= 15 is 0 Å². The van der Waals surface area contributed by atoms with Gasteiger partial charge in [-0.05, 0) is 37.8 Å². The van der Waals surface area contributed by atoms with E-state index in [4.69, 9.17) is 0 Å². The van der Waals surface area contributed by atoms with Crippen LogP contribution in [-0.4, -0.2) is 18.5 Å². The van der Waals surface area contributed by atoms with E-state index in [-0.39, 0.29) is 5.91 Å². The zero-order valence-corrected chi connectivity index (χ0v) is 11.3. The Labute approximate surface area is 109 Å². The molecule has 0 radical (unpaired) electrons. The van der Waals surface area contributed by atoms with Gasteiger partial charge < -0.3 is 10.6 Å². The number of aryl methyl sites for hydroxylation is 2. The highest BCUT2D eigenvalue weighted by Gasteiger charge is 2.22. The molecule has 1 aliphatic rings. The van der Waals surface area contributed by atoms with Crippen molar-refractivity contribution in [2.24, 2.45) is 0 Å². The first kappa shape index (κ1) is 13.1. The lowest BCUT2D eigenvalue weighted by Gasteiger charge is -2.08. The van der Waals surface area contributed by atoms with Crippen molar-refractivity contribution in [1.82, 2.24) is 10.6 Å². The summed E-state index contributed by atoms with van der Waals surface area (Å²) in [5.41, 5.74) is 3.91. The van der Waals surface area contributed by atoms with Crippen molar-refractivity contribution in [3.05, 3.63) is 34.9 Å². The smallest absolute Gasteiger partial charge is 0.221 e. The largest absolute Gasteiger partial charge is 0.353 e. The van der Waals surface area contributed by atoms with Gasteiger partial charge in [0.1, 0.15) is 0 Å². The van der Waals surface area contributed by atoms with Gasteiger partial charge in [-0.1, -0.05) is 23.8 Å². The molecule has 1 saturated carbocycles. The van der Waals surface area contributed by atoms with E-state index in [0.29, 0.717) is 12.5 Å². The average Bonchev–Trinajstić information content (AvgIpc) is 3.10. The van der Waals surface area contributed by atoms with Crippen molar-refractivity contribution in [1.29, 1.82) is 0 Å². The molecule has 0 aromatic heterocycles. The molecular formula is C15H22N2O. The third kappa shape index (κ3) is 4.15. The van der Waals surface area contributed by atoms with E-state index in [1.807, 2.05) is 0 Å². The van der Waals surface area contributed by atoms with Gasteiger partial charge in [-0.2, -0.15) is 0 Å². The second-order valence-electron chi connectivity index (χ2n) is 5.20. The predicted molar refractivity (Wildman–Crippen MR) is 73.4 cm³/mol. The first-order valence-corrected chi connectivity index (χ1v) is 6.71. The summed E-state index contributed by atoms with van der Waals surface area (Å²) in [6.07, 6.45) is 2.88. The number of hydrogen-bond donors (Lipinski definition) is 2. The van der Waals surface area contributed by atoms with Crippen molar-refractivity contribution in [3.63, 3.8) is 0 Å². The Balaban J connectivity index is 1.66. The zero-order chi connectivity index (χ0) is 13.0. The molecule has 3 heteroatoms. The number of carbonyl (C=O) groups is 1. The Kier molecular flexibility index (Phi) is 4.37. The number of nitrogens with one attached hydrogen (secondary N) is 2. The summed E-state index contributed by atoms with van der Waals surface area (Å²) in [7, 11) is 0. The monoisotopic (exact) mass is 246 g/mol. The fourth-order valence-electron chi connectivity index (χ4n) is 2.00. The number of benzene rings is 1. The summed E-state index contributed by atoms with van der Waals surface area (Å²) >= 11 is 0. The molecular weight excluding hydrogens is 224 g/mol. The van der Waals surface area contributed by atoms with Crippen LogP contribution < -0.4 is 10.6 Å². The molecule has 0 atom stereocenters. The summed E-state index contributed by atoms with van der Waals surface area (Å²) in [6, 6.07) is 6.94. The molecule has 0 heterocycles. The molecule has 1 aromatic rings. The van der Waals surface area contributed by atoms with Crippen LogP contribution in [0, 0.1) is 13.8 Å². The zero-order valence-electron chi connectivity index (χ0n) is 11.3. The van der Waals surface area contributed by atoms with Crippen molar-refractivity contribution in [2.45, 2.75) is 45.7 Å². The maximum Gasteiger partial charge on any atom is 0.221 e. The van der Waals surface area contributed by atoms with E-state index in [9.17, 15) is 4.79 Å². The molecule has 1 amide bonds. The minimum absolute atomic E-state index is 0.172. The molecule has 0 spiro atoms. The minimum atomic E-state index is 0.172. The SMILES string of the molecule is Cc1ccc(CNCCC(=O)NC2CC2)c(C)c1. The van der Waals surface area contributed by atoms with Crippen LogP contribution in [-0.2, 0) is 11.3 Å². The molecule has 0 bridgehead atoms. The third-order valence-electron chi connectivity index (χ3n) is 3.28. The van der Waals surface area contributed by atoms with E-state index in [0.717, 1.165) is 25.9 Å². The quantitative estimate of drug-likeness (QED) is 0.754. The second kappa shape index (κ2) is 6.01. The summed E-state index contributed by atoms with van der Waals surface area (Å²) in [6.45, 7) is 5.81. The number of rotatable bonds is 6. The molecule has 0 unspecified atom stereocenters. The molecule has 1 fully saturated rings. The predicted octanol–water partition coefficient (Wildman–Crippen LogP) is 2.06. The topological polar surface area (TPSA) is 41.1 Å². The van der Waals surface area contributed by atoms with Crippen LogP contribution in [0.25, 0.3) is 0 Å². The van der Waals surface area contributed by atoms with Crippen LogP contribution >= 0.6 is 0 Å². The lowest BCUT2D eigenvalue weighted by Crippen LogP contribution is -2.29. The van der Waals surface area contributed by atoms with Crippen LogP contribution in [0.2, 0.25) is 0 Å². The Morgan fingerprint density at radius 3 is 2.78 bits per heavy atom. The first-order valence-electron chi connectivity index (χ1n) is 6.71. The lowest BCUT2D eigenvalue weighted by molar-refractivity contribution is -0.121. The Bertz CT molecular complexity index is 425. The second-order valence-corrected chi connectivity index (χ2v) is 5.20. The van der Waals surface area contributed by atoms with Crippen molar-refractivity contribution >= 4 is 5.91 Å². The molecule has 1 aromatic carbocycles. The lowest BCUT2D eigenvalue weighted by atomic mass is 10.1. The van der Waals surface area contributed by atoms with Gasteiger partial charge >= 0.3 is 0 Å². The fraction of sp³-hybridized carbons (Fsp3) is 0.533. The van der Waals surface area contributed by atoms with Crippen LogP contribution in [0.3, 0.4) is 0 Å². The summed E-state index contributed by atoms with van der Waals surface area (Å²) in [5, 5.41) is 6.32. The van der Waals surface area contributed by atoms with Crippen LogP contribution in [0.5, 0.6) is 0 Å². The van der Waals surface area contributed by atoms with Crippen LogP contribution in [0.4, 0.5) is 0 Å². The molecule has 1 aliphatic carbocycles. The van der Waals surface area contributed by atoms with E-state index < -0.39 is 0 Å². The van der Waals surface area contributed by atoms with Gasteiger partial charge in [-0.25, -0.2) is 0 Å². The van der Waals surface area contributed by atoms with E-state index in [1.54, 1.807) is 0 Å². The number of hydrogen-bond acceptors (Lipinski definition) is 2. The molecule has 2 N–H and O–H groups in total. The van der Waals surface area contributed by atoms with E-state index in [1.165, 1.54) is 16.7 Å². The highest BCUT2D eigenvalue weighted by molar-refractivity contribution is 5.76. The van der Waals surface area contributed by atoms with Gasteiger partial charge in [0, 0.05) is 25.6 Å². The van der Waals surface area contributed by atoms with Crippen LogP contribution in [0.15, 0.2) is 18.2 Å². The third-order valence-corrected chi connectivity index (χ3v) is 3.28. The highest BCUT2D eigenvalue weighted by Crippen LogP contribution is 2.18. The molecule has 98 valence electrons. The molecule has 0 saturated heterocycles. The fourth-order valence-corrected chi connectivity index (χ4v) is 2.00. The summed E-state index contributed by atoms with van der Waals surface area (Å²) in [5.74, 6) is 0.172. The first-order chi connectivity index (χ1) is 8.65. The van der Waals surface area contributed by atoms with Gasteiger partial charge in [-0.3, -0.25) is 4.79 Å². The maximum absolute atomic E-state index is 11.5. The Morgan fingerprint density at radius 2 is 2.11 bits per heavy atom. The molecule has 2 rings (SSSR count). The molecule has 0 aliphatic heterocycles. The van der Waals surface area contributed by atoms with Crippen molar-refractivity contribution in [2.75, 3.05) is 6.54 Å². The van der Waals surface area contributed by atoms with Crippen molar-refractivity contribution in [3.8, 4) is 0 Å². The number of carbonyl (C=O) groups excluding carboxylic acids is 1. The van der Waals surface area contributed by atoms with E-state index in [2.05, 4.69) is 42.7 Å². The molecule has 3 nitrogen and oxygen atoms in total. The van der Waals surface area contributed by atoms with Gasteiger partial charge in [0.05, 0.1) is 0 Å². The van der Waals surface area contributed by atoms with Crippen LogP contribution in [0.1, 0.15) is 36.0 Å². The Hall–Kier alpha value is -1.35. The standard InChI is InChI=1S/C15H22N2O/c1-11-3-4-13(12(2)9-11)10-16-8-7-15(18)17-14-5-6-14/h3-4,9,14,16H,5-8,10H2,1-2H3,(H,17,18). The maximum atomic E-state index is 11.5. The summed E-state index contributed by atoms with van der Waals surface area (Å²) in [4.78, 5) is 11.5. The number of amides is 1. The van der Waals surface area contributed by atoms with Gasteiger partial charge in [0.15, 0.2) is 0 Å². The Morgan fingerprint density at radius 1 is 1.33 bits per heavy atom. The molecule has 18 heavy (non-hydrogen) atoms. The van der Waals surface area contributed by atoms with Gasteiger partial charge in [0.25, 0.3) is 0 Å². The van der Waals surface area contributed by atoms with Gasteiger partial charge in [-0.15, -0.1) is 0 Å². The van der Waals surface area contributed by atoms with Gasteiger partial charge in [0.2, 0.25) is 5.91 Å². The normalized spacial score (nSPS) is 14.6. The minimum Gasteiger partial charge on any atom is -0.353 e. The average molecular weight is 246 g/mol. The van der Waals surface area contributed by atoms with Crippen molar-refractivity contribution < 1.29 is 4.79 Å².